The highest BCUT2D eigenvalue weighted by Crippen LogP contribution is 2.12. The van der Waals surface area contributed by atoms with Crippen LogP contribution in [0.25, 0.3) is 0 Å². The van der Waals surface area contributed by atoms with Crippen molar-refractivity contribution in [1.29, 1.82) is 0 Å². The van der Waals surface area contributed by atoms with Gasteiger partial charge in [0.25, 0.3) is 5.91 Å². The predicted molar refractivity (Wildman–Crippen MR) is 72.3 cm³/mol. The van der Waals surface area contributed by atoms with E-state index in [0.29, 0.717) is 25.5 Å². The molecule has 106 valence electrons. The van der Waals surface area contributed by atoms with Crippen molar-refractivity contribution in [3.63, 3.8) is 0 Å². The molecule has 20 heavy (non-hydrogen) atoms. The normalized spacial score (nSPS) is 10.4. The maximum Gasteiger partial charge on any atom is 0.292 e. The summed E-state index contributed by atoms with van der Waals surface area (Å²) >= 11 is 0. The molecule has 7 nitrogen and oxygen atoms in total. The fourth-order valence-electron chi connectivity index (χ4n) is 1.58. The summed E-state index contributed by atoms with van der Waals surface area (Å²) in [7, 11) is 1.63. The van der Waals surface area contributed by atoms with Crippen molar-refractivity contribution in [1.82, 2.24) is 15.2 Å². The fourth-order valence-corrected chi connectivity index (χ4v) is 1.58. The smallest absolute Gasteiger partial charge is 0.292 e. The van der Waals surface area contributed by atoms with Gasteiger partial charge in [-0.15, -0.1) is 0 Å². The number of aromatic amines is 1. The van der Waals surface area contributed by atoms with Gasteiger partial charge in [-0.2, -0.15) is 5.10 Å². The molecular weight excluding hydrogens is 260 g/mol. The van der Waals surface area contributed by atoms with Crippen molar-refractivity contribution in [2.24, 2.45) is 0 Å². The van der Waals surface area contributed by atoms with Crippen molar-refractivity contribution in [3.05, 3.63) is 42.0 Å². The van der Waals surface area contributed by atoms with Crippen LogP contribution in [0.4, 0.5) is 5.69 Å². The zero-order valence-corrected chi connectivity index (χ0v) is 11.1. The molecule has 0 saturated carbocycles. The highest BCUT2D eigenvalue weighted by atomic mass is 16.5. The molecular formula is C13H16N4O3. The first kappa shape index (κ1) is 14.2. The summed E-state index contributed by atoms with van der Waals surface area (Å²) in [6, 6.07) is 7.43. The van der Waals surface area contributed by atoms with E-state index in [2.05, 4.69) is 20.5 Å². The van der Waals surface area contributed by atoms with Crippen molar-refractivity contribution in [2.75, 3.05) is 25.6 Å². The lowest BCUT2D eigenvalue weighted by atomic mass is 10.2. The Bertz CT molecular complexity index is 542. The number of rotatable bonds is 7. The third kappa shape index (κ3) is 4.15. The van der Waals surface area contributed by atoms with Gasteiger partial charge in [0.1, 0.15) is 6.33 Å². The average Bonchev–Trinajstić information content (AvgIpc) is 2.98. The summed E-state index contributed by atoms with van der Waals surface area (Å²) in [5.41, 5.74) is 1.65. The van der Waals surface area contributed by atoms with E-state index in [4.69, 9.17) is 9.47 Å². The number of H-pyrrole nitrogens is 1. The first-order chi connectivity index (χ1) is 9.79. The van der Waals surface area contributed by atoms with Crippen molar-refractivity contribution in [3.8, 4) is 0 Å². The van der Waals surface area contributed by atoms with E-state index in [1.807, 2.05) is 18.2 Å². The van der Waals surface area contributed by atoms with Crippen LogP contribution in [0.2, 0.25) is 0 Å². The predicted octanol–water partition coefficient (Wildman–Crippen LogP) is 1.22. The Morgan fingerprint density at radius 3 is 3.05 bits per heavy atom. The quantitative estimate of drug-likeness (QED) is 0.742. The third-order valence-corrected chi connectivity index (χ3v) is 2.52. The standard InChI is InChI=1S/C13H16N4O3/c1-19-5-6-20-8-10-3-2-4-11(7-10)16-13(18)12-14-9-15-17-12/h2-4,7,9H,5-6,8H2,1H3,(H,16,18)(H,14,15,17). The van der Waals surface area contributed by atoms with Crippen LogP contribution in [-0.4, -0.2) is 41.4 Å². The largest absolute Gasteiger partial charge is 0.382 e. The molecule has 2 rings (SSSR count). The maximum atomic E-state index is 11.8. The molecule has 1 heterocycles. The second kappa shape index (κ2) is 7.37. The van der Waals surface area contributed by atoms with Gasteiger partial charge in [-0.05, 0) is 17.7 Å². The molecule has 0 radical (unpaired) electrons. The SMILES string of the molecule is COCCOCc1cccc(NC(=O)c2ncn[nH]2)c1. The van der Waals surface area contributed by atoms with Gasteiger partial charge in [-0.1, -0.05) is 12.1 Å². The lowest BCUT2D eigenvalue weighted by Gasteiger charge is -2.07. The number of aromatic nitrogens is 3. The summed E-state index contributed by atoms with van der Waals surface area (Å²) in [5, 5.41) is 8.87. The van der Waals surface area contributed by atoms with Gasteiger partial charge in [-0.25, -0.2) is 4.98 Å². The van der Waals surface area contributed by atoms with E-state index < -0.39 is 0 Å². The Morgan fingerprint density at radius 2 is 2.30 bits per heavy atom. The summed E-state index contributed by atoms with van der Waals surface area (Å²) in [5.74, 6) is -0.160. The Hall–Kier alpha value is -2.25. The Labute approximate surface area is 116 Å². The van der Waals surface area contributed by atoms with E-state index in [0.717, 1.165) is 5.56 Å². The number of methoxy groups -OCH3 is 1. The second-order valence-corrected chi connectivity index (χ2v) is 4.03. The first-order valence-corrected chi connectivity index (χ1v) is 6.12. The van der Waals surface area contributed by atoms with Gasteiger partial charge < -0.3 is 14.8 Å². The molecule has 0 unspecified atom stereocenters. The van der Waals surface area contributed by atoms with E-state index in [1.54, 1.807) is 13.2 Å². The lowest BCUT2D eigenvalue weighted by Crippen LogP contribution is -2.13. The van der Waals surface area contributed by atoms with Crippen molar-refractivity contribution >= 4 is 11.6 Å². The Kier molecular flexibility index (Phi) is 5.22. The topological polar surface area (TPSA) is 89.1 Å². The van der Waals surface area contributed by atoms with Gasteiger partial charge in [-0.3, -0.25) is 9.89 Å². The molecule has 2 N–H and O–H groups in total. The summed E-state index contributed by atoms with van der Waals surface area (Å²) < 4.78 is 10.3. The van der Waals surface area contributed by atoms with Crippen LogP contribution in [-0.2, 0) is 16.1 Å². The highest BCUT2D eigenvalue weighted by molar-refractivity contribution is 6.01. The average molecular weight is 276 g/mol. The molecule has 0 aliphatic carbocycles. The minimum absolute atomic E-state index is 0.173. The number of nitrogens with zero attached hydrogens (tertiary/aromatic N) is 2. The minimum Gasteiger partial charge on any atom is -0.382 e. The highest BCUT2D eigenvalue weighted by Gasteiger charge is 2.08. The molecule has 0 bridgehead atoms. The van der Waals surface area contributed by atoms with E-state index in [1.165, 1.54) is 6.33 Å². The number of carbonyl (C=O) groups excluding carboxylic acids is 1. The van der Waals surface area contributed by atoms with Gasteiger partial charge in [0.15, 0.2) is 0 Å². The molecule has 1 aromatic carbocycles. The van der Waals surface area contributed by atoms with Crippen LogP contribution in [0.3, 0.4) is 0 Å². The summed E-state index contributed by atoms with van der Waals surface area (Å²) in [6.45, 7) is 1.56. The molecule has 1 aromatic heterocycles. The number of carbonyl (C=O) groups is 1. The fraction of sp³-hybridized carbons (Fsp3) is 0.308. The molecule has 0 aliphatic heterocycles. The number of anilines is 1. The number of ether oxygens (including phenoxy) is 2. The Balaban J connectivity index is 1.90. The molecule has 0 atom stereocenters. The van der Waals surface area contributed by atoms with Crippen LogP contribution in [0.1, 0.15) is 16.2 Å². The number of amides is 1. The van der Waals surface area contributed by atoms with Gasteiger partial charge in [0.2, 0.25) is 5.82 Å². The molecule has 2 aromatic rings. The number of hydrogen-bond donors (Lipinski definition) is 2. The maximum absolute atomic E-state index is 11.8. The van der Waals surface area contributed by atoms with Gasteiger partial charge >= 0.3 is 0 Å². The zero-order chi connectivity index (χ0) is 14.2. The monoisotopic (exact) mass is 276 g/mol. The van der Waals surface area contributed by atoms with E-state index in [9.17, 15) is 4.79 Å². The molecule has 7 heteroatoms. The van der Waals surface area contributed by atoms with Crippen molar-refractivity contribution < 1.29 is 14.3 Å². The number of hydrogen-bond acceptors (Lipinski definition) is 5. The molecule has 0 fully saturated rings. The zero-order valence-electron chi connectivity index (χ0n) is 11.1. The van der Waals surface area contributed by atoms with Crippen LogP contribution < -0.4 is 5.32 Å². The third-order valence-electron chi connectivity index (χ3n) is 2.52. The Morgan fingerprint density at radius 1 is 1.40 bits per heavy atom. The van der Waals surface area contributed by atoms with E-state index >= 15 is 0 Å². The van der Waals surface area contributed by atoms with Crippen molar-refractivity contribution in [2.45, 2.75) is 6.61 Å². The van der Waals surface area contributed by atoms with Gasteiger partial charge in [0, 0.05) is 12.8 Å². The number of benzene rings is 1. The van der Waals surface area contributed by atoms with Crippen LogP contribution in [0, 0.1) is 0 Å². The minimum atomic E-state index is -0.333. The van der Waals surface area contributed by atoms with Gasteiger partial charge in [0.05, 0.1) is 19.8 Å². The molecule has 0 spiro atoms. The summed E-state index contributed by atoms with van der Waals surface area (Å²) in [4.78, 5) is 15.6. The van der Waals surface area contributed by atoms with Crippen LogP contribution in [0.5, 0.6) is 0 Å². The number of nitrogens with one attached hydrogen (secondary N) is 2. The van der Waals surface area contributed by atoms with E-state index in [-0.39, 0.29) is 11.7 Å². The molecule has 1 amide bonds. The lowest BCUT2D eigenvalue weighted by molar-refractivity contribution is 0.0617. The summed E-state index contributed by atoms with van der Waals surface area (Å²) in [6.07, 6.45) is 1.29. The van der Waals surface area contributed by atoms with Crippen LogP contribution in [0.15, 0.2) is 30.6 Å². The second-order valence-electron chi connectivity index (χ2n) is 4.03. The molecule has 0 aliphatic rings. The van der Waals surface area contributed by atoms with Crippen LogP contribution >= 0.6 is 0 Å². The first-order valence-electron chi connectivity index (χ1n) is 6.12. The molecule has 0 saturated heterocycles.